The molecule has 2 heteroatoms. The number of aryl methyl sites for hydroxylation is 1. The number of hydrogen-bond acceptors (Lipinski definition) is 1. The molecule has 0 atom stereocenters. The first kappa shape index (κ1) is 16.8. The highest BCUT2D eigenvalue weighted by Gasteiger charge is 2.09. The zero-order valence-corrected chi connectivity index (χ0v) is 14.2. The fourth-order valence-corrected chi connectivity index (χ4v) is 2.82. The Balaban J connectivity index is 1.69. The SMILES string of the molecule is CCCCCCCCCCO[n+]1cccc2cc(C)ccc21. The van der Waals surface area contributed by atoms with Crippen LogP contribution < -0.4 is 9.57 Å². The molecule has 0 amide bonds. The lowest BCUT2D eigenvalue weighted by Gasteiger charge is -2.03. The number of pyridine rings is 1. The fourth-order valence-electron chi connectivity index (χ4n) is 2.82. The highest BCUT2D eigenvalue weighted by Crippen LogP contribution is 2.11. The van der Waals surface area contributed by atoms with Crippen molar-refractivity contribution in [2.75, 3.05) is 6.61 Å². The van der Waals surface area contributed by atoms with Crippen LogP contribution in [0.5, 0.6) is 0 Å². The Morgan fingerprint density at radius 3 is 2.41 bits per heavy atom. The van der Waals surface area contributed by atoms with Gasteiger partial charge in [-0.2, -0.15) is 0 Å². The standard InChI is InChI=1S/C20H30NO/c1-3-4-5-6-7-8-9-10-16-22-21-15-11-12-19-17-18(2)13-14-20(19)21/h11-15,17H,3-10,16H2,1-2H3/q+1. The molecule has 0 aliphatic carbocycles. The topological polar surface area (TPSA) is 13.1 Å². The molecule has 0 aliphatic heterocycles. The summed E-state index contributed by atoms with van der Waals surface area (Å²) in [5.74, 6) is 0. The molecule has 1 heterocycles. The molecule has 120 valence electrons. The van der Waals surface area contributed by atoms with Crippen molar-refractivity contribution in [3.63, 3.8) is 0 Å². The molecule has 1 aromatic carbocycles. The van der Waals surface area contributed by atoms with Crippen molar-refractivity contribution in [2.45, 2.75) is 65.2 Å². The molecule has 0 saturated carbocycles. The quantitative estimate of drug-likeness (QED) is 0.444. The van der Waals surface area contributed by atoms with E-state index in [-0.39, 0.29) is 0 Å². The van der Waals surface area contributed by atoms with Gasteiger partial charge in [-0.1, -0.05) is 57.1 Å². The summed E-state index contributed by atoms with van der Waals surface area (Å²) >= 11 is 0. The van der Waals surface area contributed by atoms with Gasteiger partial charge in [-0.05, 0) is 31.9 Å². The summed E-state index contributed by atoms with van der Waals surface area (Å²) in [4.78, 5) is 5.92. The van der Waals surface area contributed by atoms with E-state index in [1.165, 1.54) is 55.9 Å². The lowest BCUT2D eigenvalue weighted by molar-refractivity contribution is -0.871. The van der Waals surface area contributed by atoms with Crippen molar-refractivity contribution in [1.82, 2.24) is 0 Å². The van der Waals surface area contributed by atoms with E-state index >= 15 is 0 Å². The molecule has 0 spiro atoms. The summed E-state index contributed by atoms with van der Waals surface area (Å²) in [6.45, 7) is 5.19. The van der Waals surface area contributed by atoms with Gasteiger partial charge in [0.1, 0.15) is 0 Å². The van der Waals surface area contributed by atoms with E-state index < -0.39 is 0 Å². The Bertz CT molecular complexity index is 565. The second-order valence-electron chi connectivity index (χ2n) is 6.20. The van der Waals surface area contributed by atoms with Gasteiger partial charge in [0.05, 0.1) is 5.39 Å². The van der Waals surface area contributed by atoms with Crippen molar-refractivity contribution >= 4 is 10.9 Å². The first-order valence-electron chi connectivity index (χ1n) is 8.85. The Morgan fingerprint density at radius 1 is 0.909 bits per heavy atom. The maximum Gasteiger partial charge on any atom is 0.264 e. The zero-order chi connectivity index (χ0) is 15.6. The number of fused-ring (bicyclic) bond motifs is 1. The Labute approximate surface area is 135 Å². The van der Waals surface area contributed by atoms with E-state index in [9.17, 15) is 0 Å². The van der Waals surface area contributed by atoms with Crippen LogP contribution in [0, 0.1) is 6.92 Å². The summed E-state index contributed by atoms with van der Waals surface area (Å²) in [6.07, 6.45) is 12.6. The van der Waals surface area contributed by atoms with Crippen molar-refractivity contribution in [2.24, 2.45) is 0 Å². The summed E-state index contributed by atoms with van der Waals surface area (Å²) in [6, 6.07) is 10.7. The molecule has 0 saturated heterocycles. The molecule has 1 aromatic heterocycles. The first-order valence-corrected chi connectivity index (χ1v) is 8.85. The monoisotopic (exact) mass is 300 g/mol. The molecule has 2 rings (SSSR count). The van der Waals surface area contributed by atoms with Crippen molar-refractivity contribution in [1.29, 1.82) is 0 Å². The van der Waals surface area contributed by atoms with Gasteiger partial charge in [0, 0.05) is 16.9 Å². The number of benzene rings is 1. The molecule has 0 radical (unpaired) electrons. The smallest absolute Gasteiger partial charge is 0.264 e. The maximum atomic E-state index is 5.92. The predicted molar refractivity (Wildman–Crippen MR) is 92.9 cm³/mol. The van der Waals surface area contributed by atoms with Crippen molar-refractivity contribution in [3.8, 4) is 0 Å². The van der Waals surface area contributed by atoms with Crippen LogP contribution in [-0.2, 0) is 0 Å². The second kappa shape index (κ2) is 9.45. The average molecular weight is 300 g/mol. The number of hydrogen-bond donors (Lipinski definition) is 0. The fraction of sp³-hybridized carbons (Fsp3) is 0.550. The molecule has 0 aliphatic rings. The highest BCUT2D eigenvalue weighted by molar-refractivity contribution is 5.75. The van der Waals surface area contributed by atoms with E-state index in [2.05, 4.69) is 44.2 Å². The molecule has 22 heavy (non-hydrogen) atoms. The largest absolute Gasteiger partial charge is 0.271 e. The van der Waals surface area contributed by atoms with E-state index in [4.69, 9.17) is 4.84 Å². The zero-order valence-electron chi connectivity index (χ0n) is 14.2. The van der Waals surface area contributed by atoms with Crippen molar-refractivity contribution in [3.05, 3.63) is 42.1 Å². The van der Waals surface area contributed by atoms with Crippen LogP contribution in [0.4, 0.5) is 0 Å². The van der Waals surface area contributed by atoms with Gasteiger partial charge in [0.2, 0.25) is 6.20 Å². The third-order valence-corrected chi connectivity index (χ3v) is 4.15. The van der Waals surface area contributed by atoms with Crippen LogP contribution in [0.3, 0.4) is 0 Å². The summed E-state index contributed by atoms with van der Waals surface area (Å²) < 4.78 is 1.91. The third kappa shape index (κ3) is 5.32. The number of nitrogens with zero attached hydrogens (tertiary/aromatic N) is 1. The molecule has 0 bridgehead atoms. The van der Waals surface area contributed by atoms with Crippen LogP contribution in [0.15, 0.2) is 36.5 Å². The minimum Gasteiger partial charge on any atom is -0.271 e. The molecule has 0 fully saturated rings. The predicted octanol–water partition coefficient (Wildman–Crippen LogP) is 5.01. The molecule has 2 nitrogen and oxygen atoms in total. The lowest BCUT2D eigenvalue weighted by atomic mass is 10.1. The molecular formula is C20H30NO+. The Hall–Kier alpha value is -1.57. The van der Waals surface area contributed by atoms with E-state index in [1.54, 1.807) is 0 Å². The number of aromatic nitrogens is 1. The second-order valence-corrected chi connectivity index (χ2v) is 6.20. The Morgan fingerprint density at radius 2 is 1.64 bits per heavy atom. The third-order valence-electron chi connectivity index (χ3n) is 4.15. The Kier molecular flexibility index (Phi) is 7.21. The minimum atomic E-state index is 0.798. The van der Waals surface area contributed by atoms with Gasteiger partial charge in [-0.25, -0.2) is 0 Å². The van der Waals surface area contributed by atoms with Gasteiger partial charge in [0.15, 0.2) is 6.61 Å². The van der Waals surface area contributed by atoms with Gasteiger partial charge in [-0.15, -0.1) is 0 Å². The average Bonchev–Trinajstić information content (AvgIpc) is 2.53. The molecular weight excluding hydrogens is 270 g/mol. The first-order chi connectivity index (χ1) is 10.8. The minimum absolute atomic E-state index is 0.798. The molecule has 0 unspecified atom stereocenters. The van der Waals surface area contributed by atoms with E-state index in [0.29, 0.717) is 0 Å². The summed E-state index contributed by atoms with van der Waals surface area (Å²) in [7, 11) is 0. The van der Waals surface area contributed by atoms with Crippen LogP contribution >= 0.6 is 0 Å². The van der Waals surface area contributed by atoms with Gasteiger partial charge in [0.25, 0.3) is 5.52 Å². The van der Waals surface area contributed by atoms with Crippen LogP contribution in [-0.4, -0.2) is 6.61 Å². The van der Waals surface area contributed by atoms with Gasteiger partial charge < -0.3 is 0 Å². The summed E-state index contributed by atoms with van der Waals surface area (Å²) in [5.41, 5.74) is 2.43. The molecule has 0 N–H and O–H groups in total. The highest BCUT2D eigenvalue weighted by atomic mass is 16.7. The van der Waals surface area contributed by atoms with Crippen molar-refractivity contribution < 1.29 is 9.57 Å². The maximum absolute atomic E-state index is 5.92. The number of rotatable bonds is 10. The normalized spacial score (nSPS) is 11.0. The molecule has 2 aromatic rings. The number of unbranched alkanes of at least 4 members (excludes halogenated alkanes) is 7. The van der Waals surface area contributed by atoms with E-state index in [0.717, 1.165) is 18.5 Å². The van der Waals surface area contributed by atoms with Crippen LogP contribution in [0.2, 0.25) is 0 Å². The van der Waals surface area contributed by atoms with E-state index in [1.807, 2.05) is 10.9 Å². The van der Waals surface area contributed by atoms with Crippen LogP contribution in [0.25, 0.3) is 10.9 Å². The van der Waals surface area contributed by atoms with Crippen LogP contribution in [0.1, 0.15) is 63.9 Å². The van der Waals surface area contributed by atoms with Gasteiger partial charge >= 0.3 is 0 Å². The van der Waals surface area contributed by atoms with Gasteiger partial charge in [-0.3, -0.25) is 4.84 Å². The lowest BCUT2D eigenvalue weighted by Crippen LogP contribution is -2.43. The summed E-state index contributed by atoms with van der Waals surface area (Å²) in [5, 5.41) is 1.23.